The van der Waals surface area contributed by atoms with Crippen molar-refractivity contribution >= 4 is 46.6 Å². The van der Waals surface area contributed by atoms with Gasteiger partial charge in [0.25, 0.3) is 0 Å². The molecule has 0 aliphatic heterocycles. The number of hydrogen-bond donors (Lipinski definition) is 1. The fourth-order valence-electron chi connectivity index (χ4n) is 1.91. The summed E-state index contributed by atoms with van der Waals surface area (Å²) in [6.45, 7) is 4.14. The normalized spacial score (nSPS) is 11.2. The molecule has 1 N–H and O–H groups in total. The van der Waals surface area contributed by atoms with Gasteiger partial charge in [-0.2, -0.15) is 0 Å². The van der Waals surface area contributed by atoms with Crippen molar-refractivity contribution in [1.29, 1.82) is 0 Å². The lowest BCUT2D eigenvalue weighted by Gasteiger charge is -2.11. The monoisotopic (exact) mass is 376 g/mol. The smallest absolute Gasteiger partial charge is 0.155 e. The summed E-state index contributed by atoms with van der Waals surface area (Å²) < 4.78 is 0. The van der Waals surface area contributed by atoms with Crippen LogP contribution in [0.4, 0.5) is 0 Å². The van der Waals surface area contributed by atoms with E-state index in [-0.39, 0.29) is 12.5 Å². The second-order valence-electron chi connectivity index (χ2n) is 5.05. The number of hydrogen-bond acceptors (Lipinski definition) is 4. The van der Waals surface area contributed by atoms with E-state index in [9.17, 15) is 0 Å². The Morgan fingerprint density at radius 2 is 1.73 bits per heavy atom. The Morgan fingerprint density at radius 1 is 1.09 bits per heavy atom. The van der Waals surface area contributed by atoms with Crippen LogP contribution in [0.1, 0.15) is 30.9 Å². The van der Waals surface area contributed by atoms with Gasteiger partial charge < -0.3 is 5.11 Å². The van der Waals surface area contributed by atoms with Crippen LogP contribution in [0, 0.1) is 0 Å². The van der Waals surface area contributed by atoms with Crippen LogP contribution < -0.4 is 0 Å². The number of aliphatic hydroxyl groups is 1. The molecule has 0 aliphatic carbocycles. The number of nitrogens with zero attached hydrogens (tertiary/aromatic N) is 2. The molecular formula is C15H15Cl3N2OS. The predicted molar refractivity (Wildman–Crippen MR) is 92.5 cm³/mol. The summed E-state index contributed by atoms with van der Waals surface area (Å²) in [5.74, 6) is 0.250. The summed E-state index contributed by atoms with van der Waals surface area (Å²) in [5.41, 5.74) is 1.83. The van der Waals surface area contributed by atoms with E-state index in [1.54, 1.807) is 12.1 Å². The molecule has 22 heavy (non-hydrogen) atoms. The summed E-state index contributed by atoms with van der Waals surface area (Å²) in [5, 5.41) is 19.2. The van der Waals surface area contributed by atoms with E-state index in [0.717, 1.165) is 16.0 Å². The van der Waals surface area contributed by atoms with Gasteiger partial charge in [-0.1, -0.05) is 60.4 Å². The van der Waals surface area contributed by atoms with Crippen molar-refractivity contribution in [2.45, 2.75) is 36.1 Å². The van der Waals surface area contributed by atoms with Crippen molar-refractivity contribution < 1.29 is 5.11 Å². The third-order valence-electron chi connectivity index (χ3n) is 3.04. The highest BCUT2D eigenvalue weighted by atomic mass is 35.5. The quantitative estimate of drug-likeness (QED) is 0.773. The first-order chi connectivity index (χ1) is 10.4. The molecule has 0 atom stereocenters. The molecule has 0 saturated carbocycles. The van der Waals surface area contributed by atoms with E-state index in [1.807, 2.05) is 19.9 Å². The molecule has 1 aromatic heterocycles. The Balaban J connectivity index is 2.33. The number of aromatic nitrogens is 2. The molecule has 2 aromatic rings. The molecule has 0 spiro atoms. The zero-order valence-electron chi connectivity index (χ0n) is 12.1. The lowest BCUT2D eigenvalue weighted by Crippen LogP contribution is -1.96. The molecule has 0 fully saturated rings. The summed E-state index contributed by atoms with van der Waals surface area (Å²) in [7, 11) is 0. The maximum absolute atomic E-state index is 8.99. The van der Waals surface area contributed by atoms with Gasteiger partial charge in [-0.15, -0.1) is 10.2 Å². The fraction of sp³-hybridized carbons (Fsp3) is 0.333. The SMILES string of the molecule is CC(C)c1cc(Sc2c(Cl)cc(CCO)cc2Cl)nnc1Cl. The molecule has 0 radical (unpaired) electrons. The summed E-state index contributed by atoms with van der Waals surface area (Å²) in [4.78, 5) is 0.719. The Labute approximate surface area is 149 Å². The van der Waals surface area contributed by atoms with Crippen LogP contribution in [0.2, 0.25) is 15.2 Å². The second-order valence-corrected chi connectivity index (χ2v) is 7.25. The number of halogens is 3. The zero-order chi connectivity index (χ0) is 16.3. The fourth-order valence-corrected chi connectivity index (χ4v) is 3.78. The molecule has 0 bridgehead atoms. The van der Waals surface area contributed by atoms with Crippen molar-refractivity contribution in [2.24, 2.45) is 0 Å². The van der Waals surface area contributed by atoms with Crippen LogP contribution in [0.5, 0.6) is 0 Å². The van der Waals surface area contributed by atoms with Gasteiger partial charge in [-0.3, -0.25) is 0 Å². The summed E-state index contributed by atoms with van der Waals surface area (Å²) in [6.07, 6.45) is 0.517. The van der Waals surface area contributed by atoms with E-state index >= 15 is 0 Å². The molecule has 2 rings (SSSR count). The van der Waals surface area contributed by atoms with Gasteiger partial charge in [-0.05, 0) is 41.7 Å². The molecule has 0 aliphatic rings. The second kappa shape index (κ2) is 7.84. The van der Waals surface area contributed by atoms with E-state index in [0.29, 0.717) is 26.6 Å². The van der Waals surface area contributed by atoms with E-state index in [4.69, 9.17) is 39.9 Å². The highest BCUT2D eigenvalue weighted by Gasteiger charge is 2.14. The summed E-state index contributed by atoms with van der Waals surface area (Å²) in [6, 6.07) is 5.51. The molecule has 0 unspecified atom stereocenters. The first-order valence-corrected chi connectivity index (χ1v) is 8.67. The largest absolute Gasteiger partial charge is 0.396 e. The number of benzene rings is 1. The van der Waals surface area contributed by atoms with Crippen molar-refractivity contribution in [2.75, 3.05) is 6.61 Å². The van der Waals surface area contributed by atoms with E-state index in [1.165, 1.54) is 11.8 Å². The lowest BCUT2D eigenvalue weighted by molar-refractivity contribution is 0.299. The highest BCUT2D eigenvalue weighted by Crippen LogP contribution is 2.39. The molecule has 1 aromatic carbocycles. The van der Waals surface area contributed by atoms with Crippen molar-refractivity contribution in [1.82, 2.24) is 10.2 Å². The Morgan fingerprint density at radius 3 is 2.27 bits per heavy atom. The predicted octanol–water partition coefficient (Wildman–Crippen LogP) is 5.25. The number of aliphatic hydroxyl groups excluding tert-OH is 1. The minimum Gasteiger partial charge on any atom is -0.396 e. The molecular weight excluding hydrogens is 363 g/mol. The van der Waals surface area contributed by atoms with Crippen molar-refractivity contribution in [3.05, 3.63) is 44.5 Å². The lowest BCUT2D eigenvalue weighted by atomic mass is 10.1. The third-order valence-corrected chi connectivity index (χ3v) is 5.21. The van der Waals surface area contributed by atoms with Crippen LogP contribution in [-0.2, 0) is 6.42 Å². The van der Waals surface area contributed by atoms with E-state index < -0.39 is 0 Å². The topological polar surface area (TPSA) is 46.0 Å². The highest BCUT2D eigenvalue weighted by molar-refractivity contribution is 7.99. The standard InChI is InChI=1S/C15H15Cl3N2OS/c1-8(2)10-7-13(19-20-15(10)18)22-14-11(16)5-9(3-4-21)6-12(14)17/h5-8,21H,3-4H2,1-2H3. The van der Waals surface area contributed by atoms with Crippen LogP contribution in [0.3, 0.4) is 0 Å². The zero-order valence-corrected chi connectivity index (χ0v) is 15.2. The molecule has 0 amide bonds. The average molecular weight is 378 g/mol. The van der Waals surface area contributed by atoms with Crippen molar-refractivity contribution in [3.63, 3.8) is 0 Å². The minimum absolute atomic E-state index is 0.0551. The molecule has 0 saturated heterocycles. The van der Waals surface area contributed by atoms with Gasteiger partial charge in [0.1, 0.15) is 5.03 Å². The molecule has 1 heterocycles. The van der Waals surface area contributed by atoms with Gasteiger partial charge in [0.05, 0.1) is 14.9 Å². The van der Waals surface area contributed by atoms with Crippen LogP contribution in [0.15, 0.2) is 28.1 Å². The first kappa shape index (κ1) is 17.8. The molecule has 3 nitrogen and oxygen atoms in total. The maximum Gasteiger partial charge on any atom is 0.155 e. The Hall–Kier alpha value is -0.520. The van der Waals surface area contributed by atoms with Gasteiger partial charge in [0.15, 0.2) is 5.15 Å². The van der Waals surface area contributed by atoms with Gasteiger partial charge >= 0.3 is 0 Å². The molecule has 118 valence electrons. The van der Waals surface area contributed by atoms with Crippen molar-refractivity contribution in [3.8, 4) is 0 Å². The van der Waals surface area contributed by atoms with E-state index in [2.05, 4.69) is 10.2 Å². The Kier molecular flexibility index (Phi) is 6.36. The number of rotatable bonds is 5. The summed E-state index contributed by atoms with van der Waals surface area (Å²) >= 11 is 20.0. The van der Waals surface area contributed by atoms with Gasteiger partial charge in [0.2, 0.25) is 0 Å². The van der Waals surface area contributed by atoms with Gasteiger partial charge in [-0.25, -0.2) is 0 Å². The maximum atomic E-state index is 8.99. The molecule has 7 heteroatoms. The average Bonchev–Trinajstić information content (AvgIpc) is 2.44. The Bertz CT molecular complexity index is 657. The first-order valence-electron chi connectivity index (χ1n) is 6.72. The van der Waals surface area contributed by atoms with Crippen LogP contribution in [0.25, 0.3) is 0 Å². The van der Waals surface area contributed by atoms with Crippen LogP contribution in [-0.4, -0.2) is 21.9 Å². The van der Waals surface area contributed by atoms with Gasteiger partial charge in [0, 0.05) is 6.61 Å². The van der Waals surface area contributed by atoms with Crippen LogP contribution >= 0.6 is 46.6 Å². The minimum atomic E-state index is 0.0551. The third kappa shape index (κ3) is 4.27.